The van der Waals surface area contributed by atoms with E-state index >= 15 is 0 Å². The molecule has 0 aliphatic heterocycles. The van der Waals surface area contributed by atoms with Crippen LogP contribution in [0.25, 0.3) is 0 Å². The van der Waals surface area contributed by atoms with E-state index in [1.165, 1.54) is 0 Å². The van der Waals surface area contributed by atoms with Gasteiger partial charge in [-0.25, -0.2) is 0 Å². The summed E-state index contributed by atoms with van der Waals surface area (Å²) >= 11 is 9.85. The number of carbonyl (C=O) groups excluding carboxylic acids is 1. The van der Waals surface area contributed by atoms with E-state index in [2.05, 4.69) is 53.1 Å². The van der Waals surface area contributed by atoms with Gasteiger partial charge in [-0.1, -0.05) is 44.0 Å². The van der Waals surface area contributed by atoms with Crippen molar-refractivity contribution in [1.82, 2.24) is 5.32 Å². The third kappa shape index (κ3) is 3.84. The van der Waals surface area contributed by atoms with Crippen molar-refractivity contribution in [2.24, 2.45) is 0 Å². The lowest BCUT2D eigenvalue weighted by Gasteiger charge is -2.09. The summed E-state index contributed by atoms with van der Waals surface area (Å²) in [6, 6.07) is 10.9. The molecule has 2 rings (SSSR count). The van der Waals surface area contributed by atoms with Gasteiger partial charge >= 0.3 is 0 Å². The second kappa shape index (κ2) is 6.74. The number of benzene rings is 2. The van der Waals surface area contributed by atoms with E-state index in [0.717, 1.165) is 14.5 Å². The van der Waals surface area contributed by atoms with Crippen LogP contribution in [0.1, 0.15) is 15.9 Å². The molecule has 6 heteroatoms. The van der Waals surface area contributed by atoms with E-state index in [4.69, 9.17) is 0 Å². The molecule has 0 atom stereocenters. The van der Waals surface area contributed by atoms with Crippen LogP contribution in [0.4, 0.5) is 0 Å². The highest BCUT2D eigenvalue weighted by Gasteiger charge is 2.14. The smallest absolute Gasteiger partial charge is 0.255 e. The molecule has 3 nitrogen and oxygen atoms in total. The minimum Gasteiger partial charge on any atom is -0.506 e. The van der Waals surface area contributed by atoms with Gasteiger partial charge in [0.2, 0.25) is 0 Å². The summed E-state index contributed by atoms with van der Waals surface area (Å²) in [7, 11) is 0. The number of halogens is 3. The molecule has 1 amide bonds. The molecular formula is C14H10Br3NO2. The van der Waals surface area contributed by atoms with E-state index in [1.807, 2.05) is 24.3 Å². The molecule has 2 N–H and O–H groups in total. The average Bonchev–Trinajstić information content (AvgIpc) is 2.42. The lowest BCUT2D eigenvalue weighted by Crippen LogP contribution is -2.22. The Labute approximate surface area is 141 Å². The molecule has 0 saturated carbocycles. The normalized spacial score (nSPS) is 10.3. The fourth-order valence-corrected chi connectivity index (χ4v) is 3.11. The van der Waals surface area contributed by atoms with Crippen molar-refractivity contribution in [2.45, 2.75) is 6.54 Å². The van der Waals surface area contributed by atoms with Crippen LogP contribution >= 0.6 is 47.8 Å². The topological polar surface area (TPSA) is 49.3 Å². The largest absolute Gasteiger partial charge is 0.506 e. The standard InChI is InChI=1S/C14H10Br3NO2/c15-9-3-1-8(2-4-9)7-18-14(20)11-5-10(16)6-12(17)13(11)19/h1-6,19H,7H2,(H,18,20). The number of hydrogen-bond donors (Lipinski definition) is 2. The van der Waals surface area contributed by atoms with E-state index < -0.39 is 0 Å². The van der Waals surface area contributed by atoms with Crippen LogP contribution < -0.4 is 5.32 Å². The number of aromatic hydroxyl groups is 1. The first-order chi connectivity index (χ1) is 9.47. The average molecular weight is 464 g/mol. The Hall–Kier alpha value is -0.850. The van der Waals surface area contributed by atoms with E-state index in [-0.39, 0.29) is 17.2 Å². The minimum absolute atomic E-state index is 0.0680. The van der Waals surface area contributed by atoms with Crippen molar-refractivity contribution in [3.05, 3.63) is 60.9 Å². The number of carbonyl (C=O) groups is 1. The molecule has 0 spiro atoms. The number of phenols is 1. The lowest BCUT2D eigenvalue weighted by atomic mass is 10.1. The number of hydrogen-bond acceptors (Lipinski definition) is 2. The maximum Gasteiger partial charge on any atom is 0.255 e. The van der Waals surface area contributed by atoms with Gasteiger partial charge in [-0.3, -0.25) is 4.79 Å². The summed E-state index contributed by atoms with van der Waals surface area (Å²) in [5.74, 6) is -0.395. The molecule has 0 fully saturated rings. The fraction of sp³-hybridized carbons (Fsp3) is 0.0714. The van der Waals surface area contributed by atoms with Crippen molar-refractivity contribution >= 4 is 53.7 Å². The molecular weight excluding hydrogens is 454 g/mol. The first-order valence-corrected chi connectivity index (χ1v) is 8.06. The third-order valence-corrected chi connectivity index (χ3v) is 4.23. The molecule has 0 aliphatic carbocycles. The maximum atomic E-state index is 12.1. The monoisotopic (exact) mass is 461 g/mol. The summed E-state index contributed by atoms with van der Waals surface area (Å²) in [6.45, 7) is 0.398. The minimum atomic E-state index is -0.326. The molecule has 2 aromatic rings. The Morgan fingerprint density at radius 2 is 1.70 bits per heavy atom. The molecule has 2 aromatic carbocycles. The fourth-order valence-electron chi connectivity index (χ4n) is 1.62. The number of rotatable bonds is 3. The van der Waals surface area contributed by atoms with Crippen LogP contribution in [-0.2, 0) is 6.54 Å². The first-order valence-electron chi connectivity index (χ1n) is 5.68. The second-order valence-electron chi connectivity index (χ2n) is 4.09. The van der Waals surface area contributed by atoms with E-state index in [1.54, 1.807) is 12.1 Å². The van der Waals surface area contributed by atoms with Crippen molar-refractivity contribution < 1.29 is 9.90 Å². The molecule has 0 bridgehead atoms. The molecule has 0 unspecified atom stereocenters. The lowest BCUT2D eigenvalue weighted by molar-refractivity contribution is 0.0948. The number of nitrogens with one attached hydrogen (secondary N) is 1. The van der Waals surface area contributed by atoms with Gasteiger partial charge in [0.1, 0.15) is 5.75 Å². The Morgan fingerprint density at radius 3 is 2.35 bits per heavy atom. The van der Waals surface area contributed by atoms with Crippen LogP contribution in [0.3, 0.4) is 0 Å². The summed E-state index contributed by atoms with van der Waals surface area (Å²) in [5, 5.41) is 12.7. The van der Waals surface area contributed by atoms with Gasteiger partial charge in [0.25, 0.3) is 5.91 Å². The molecule has 0 aromatic heterocycles. The zero-order chi connectivity index (χ0) is 14.7. The predicted molar refractivity (Wildman–Crippen MR) is 88.8 cm³/mol. The summed E-state index contributed by atoms with van der Waals surface area (Å²) < 4.78 is 2.18. The Kier molecular flexibility index (Phi) is 5.23. The van der Waals surface area contributed by atoms with Crippen molar-refractivity contribution in [2.75, 3.05) is 0 Å². The maximum absolute atomic E-state index is 12.1. The van der Waals surface area contributed by atoms with Crippen LogP contribution in [0.5, 0.6) is 5.75 Å². The Balaban J connectivity index is 2.11. The molecule has 0 saturated heterocycles. The predicted octanol–water partition coefficient (Wildman–Crippen LogP) is 4.61. The summed E-state index contributed by atoms with van der Waals surface area (Å²) in [4.78, 5) is 12.1. The van der Waals surface area contributed by atoms with Crippen LogP contribution in [-0.4, -0.2) is 11.0 Å². The SMILES string of the molecule is O=C(NCc1ccc(Br)cc1)c1cc(Br)cc(Br)c1O. The van der Waals surface area contributed by atoms with Gasteiger partial charge in [0, 0.05) is 15.5 Å². The zero-order valence-electron chi connectivity index (χ0n) is 10.2. The highest BCUT2D eigenvalue weighted by molar-refractivity contribution is 9.11. The van der Waals surface area contributed by atoms with Crippen LogP contribution in [0, 0.1) is 0 Å². The first kappa shape index (κ1) is 15.5. The van der Waals surface area contributed by atoms with Crippen molar-refractivity contribution in [3.8, 4) is 5.75 Å². The van der Waals surface area contributed by atoms with Crippen molar-refractivity contribution in [3.63, 3.8) is 0 Å². The second-order valence-corrected chi connectivity index (χ2v) is 6.78. The highest BCUT2D eigenvalue weighted by Crippen LogP contribution is 2.31. The number of amides is 1. The van der Waals surface area contributed by atoms with Gasteiger partial charge in [0.05, 0.1) is 10.0 Å². The number of phenolic OH excluding ortho intramolecular Hbond substituents is 1. The molecule has 104 valence electrons. The Morgan fingerprint density at radius 1 is 1.05 bits per heavy atom. The third-order valence-electron chi connectivity index (χ3n) is 2.64. The van der Waals surface area contributed by atoms with Gasteiger partial charge in [-0.15, -0.1) is 0 Å². The zero-order valence-corrected chi connectivity index (χ0v) is 14.9. The highest BCUT2D eigenvalue weighted by atomic mass is 79.9. The van der Waals surface area contributed by atoms with Gasteiger partial charge < -0.3 is 10.4 Å². The molecule has 20 heavy (non-hydrogen) atoms. The van der Waals surface area contributed by atoms with E-state index in [0.29, 0.717) is 11.0 Å². The van der Waals surface area contributed by atoms with Crippen LogP contribution in [0.15, 0.2) is 49.8 Å². The molecule has 0 heterocycles. The summed E-state index contributed by atoms with van der Waals surface area (Å²) in [6.07, 6.45) is 0. The van der Waals surface area contributed by atoms with E-state index in [9.17, 15) is 9.90 Å². The molecule has 0 aliphatic rings. The molecule has 0 radical (unpaired) electrons. The van der Waals surface area contributed by atoms with Crippen molar-refractivity contribution in [1.29, 1.82) is 0 Å². The van der Waals surface area contributed by atoms with Crippen LogP contribution in [0.2, 0.25) is 0 Å². The van der Waals surface area contributed by atoms with Gasteiger partial charge in [-0.05, 0) is 45.8 Å². The van der Waals surface area contributed by atoms with Gasteiger partial charge in [0.15, 0.2) is 0 Å². The Bertz CT molecular complexity index is 642. The quantitative estimate of drug-likeness (QED) is 0.698. The summed E-state index contributed by atoms with van der Waals surface area (Å²) in [5.41, 5.74) is 1.21. The van der Waals surface area contributed by atoms with Gasteiger partial charge in [-0.2, -0.15) is 0 Å².